The molecule has 1 N–H and O–H groups in total. The number of aromatic nitrogens is 1. The molecule has 10 heteroatoms. The second-order valence-corrected chi connectivity index (χ2v) is 11.1. The summed E-state index contributed by atoms with van der Waals surface area (Å²) in [6, 6.07) is 22.7. The molecular weight excluding hydrogens is 566 g/mol. The quantitative estimate of drug-likeness (QED) is 0.152. The van der Waals surface area contributed by atoms with E-state index in [1.807, 2.05) is 49.4 Å². The number of amides is 1. The van der Waals surface area contributed by atoms with Crippen molar-refractivity contribution < 1.29 is 27.5 Å². The SMILES string of the molecule is COC(=O)C(C(C)C)N(c1ccc(-c2ccc(NC(=O)c3oc4cccc(-c5cccnc5)c4c3C)cc2)cc1)S(=O)[O-]. The fourth-order valence-corrected chi connectivity index (χ4v) is 5.92. The maximum atomic E-state index is 13.2. The van der Waals surface area contributed by atoms with E-state index in [9.17, 15) is 18.4 Å². The Balaban J connectivity index is 1.34. The summed E-state index contributed by atoms with van der Waals surface area (Å²) in [4.78, 5) is 29.8. The minimum absolute atomic E-state index is 0.234. The third kappa shape index (κ3) is 6.06. The van der Waals surface area contributed by atoms with Crippen molar-refractivity contribution in [3.63, 3.8) is 0 Å². The van der Waals surface area contributed by atoms with Crippen LogP contribution in [0.15, 0.2) is 95.7 Å². The highest BCUT2D eigenvalue weighted by Crippen LogP contribution is 2.35. The molecule has 0 radical (unpaired) electrons. The smallest absolute Gasteiger partial charge is 0.329 e. The number of hydrogen-bond acceptors (Lipinski definition) is 7. The molecule has 0 fully saturated rings. The summed E-state index contributed by atoms with van der Waals surface area (Å²) in [5, 5.41) is 3.78. The first-order valence-corrected chi connectivity index (χ1v) is 14.6. The number of nitrogens with zero attached hydrogens (tertiary/aromatic N) is 2. The first-order valence-electron chi connectivity index (χ1n) is 13.6. The molecule has 43 heavy (non-hydrogen) atoms. The van der Waals surface area contributed by atoms with Crippen LogP contribution in [0.3, 0.4) is 0 Å². The number of aryl methyl sites for hydroxylation is 1. The Kier molecular flexibility index (Phi) is 8.70. The van der Waals surface area contributed by atoms with Gasteiger partial charge < -0.3 is 19.0 Å². The van der Waals surface area contributed by atoms with Gasteiger partial charge in [0.1, 0.15) is 11.6 Å². The van der Waals surface area contributed by atoms with Crippen molar-refractivity contribution in [3.8, 4) is 22.3 Å². The van der Waals surface area contributed by atoms with Crippen LogP contribution in [-0.2, 0) is 20.8 Å². The molecule has 0 aliphatic rings. The number of methoxy groups -OCH3 is 1. The predicted octanol–water partition coefficient (Wildman–Crippen LogP) is 6.52. The number of pyridine rings is 1. The molecule has 2 aromatic heterocycles. The number of esters is 1. The Bertz CT molecular complexity index is 1780. The number of furan rings is 1. The number of rotatable bonds is 9. The molecule has 1 amide bonds. The Hall–Kier alpha value is -4.80. The Morgan fingerprint density at radius 2 is 1.63 bits per heavy atom. The van der Waals surface area contributed by atoms with Gasteiger partial charge in [-0.3, -0.25) is 18.3 Å². The summed E-state index contributed by atoms with van der Waals surface area (Å²) in [6.45, 7) is 5.38. The maximum Gasteiger partial charge on any atom is 0.329 e. The van der Waals surface area contributed by atoms with Gasteiger partial charge in [-0.25, -0.2) is 4.79 Å². The molecule has 0 saturated carbocycles. The average Bonchev–Trinajstić information content (AvgIpc) is 3.36. The molecule has 5 aromatic rings. The van der Waals surface area contributed by atoms with E-state index in [2.05, 4.69) is 10.3 Å². The molecule has 0 bridgehead atoms. The van der Waals surface area contributed by atoms with Gasteiger partial charge in [-0.2, -0.15) is 0 Å². The van der Waals surface area contributed by atoms with Crippen LogP contribution < -0.4 is 9.62 Å². The number of ether oxygens (including phenoxy) is 1. The van der Waals surface area contributed by atoms with E-state index in [0.29, 0.717) is 17.0 Å². The van der Waals surface area contributed by atoms with E-state index in [0.717, 1.165) is 37.5 Å². The van der Waals surface area contributed by atoms with Crippen molar-refractivity contribution in [1.29, 1.82) is 0 Å². The molecule has 220 valence electrons. The Morgan fingerprint density at radius 3 is 2.21 bits per heavy atom. The summed E-state index contributed by atoms with van der Waals surface area (Å²) in [5.41, 5.74) is 5.85. The molecule has 0 saturated heterocycles. The molecule has 2 heterocycles. The lowest BCUT2D eigenvalue weighted by molar-refractivity contribution is -0.142. The highest BCUT2D eigenvalue weighted by molar-refractivity contribution is 7.80. The monoisotopic (exact) mass is 596 g/mol. The number of carbonyl (C=O) groups excluding carboxylic acids is 2. The Morgan fingerprint density at radius 1 is 0.953 bits per heavy atom. The highest BCUT2D eigenvalue weighted by Gasteiger charge is 2.31. The van der Waals surface area contributed by atoms with Crippen LogP contribution in [0.2, 0.25) is 0 Å². The standard InChI is InChI=1S/C33H31N3O6S/c1-20(2)30(33(38)41-4)36(43(39)40)26-16-12-23(13-17-26)22-10-14-25(15-11-22)35-32(37)31-21(3)29-27(8-5-9-28(29)42-31)24-7-6-18-34-19-24/h5-20,30H,1-4H3,(H,35,37)(H,39,40)/p-1. The van der Waals surface area contributed by atoms with Gasteiger partial charge in [0.2, 0.25) is 0 Å². The summed E-state index contributed by atoms with van der Waals surface area (Å²) in [7, 11) is 1.23. The van der Waals surface area contributed by atoms with E-state index in [4.69, 9.17) is 9.15 Å². The van der Waals surface area contributed by atoms with Crippen LogP contribution in [0.25, 0.3) is 33.2 Å². The van der Waals surface area contributed by atoms with E-state index in [1.165, 1.54) is 7.11 Å². The molecule has 0 aliphatic heterocycles. The van der Waals surface area contributed by atoms with Gasteiger partial charge in [0.15, 0.2) is 5.76 Å². The van der Waals surface area contributed by atoms with E-state index in [1.54, 1.807) is 62.6 Å². The summed E-state index contributed by atoms with van der Waals surface area (Å²) in [5.74, 6) is -1.07. The van der Waals surface area contributed by atoms with Crippen molar-refractivity contribution in [2.75, 3.05) is 16.7 Å². The number of fused-ring (bicyclic) bond motifs is 1. The molecule has 0 aliphatic carbocycles. The number of anilines is 2. The van der Waals surface area contributed by atoms with Crippen LogP contribution in [-0.4, -0.2) is 38.8 Å². The first kappa shape index (κ1) is 29.7. The fourth-order valence-electron chi connectivity index (χ4n) is 5.12. The van der Waals surface area contributed by atoms with Crippen molar-refractivity contribution >= 4 is 45.5 Å². The molecule has 3 aromatic carbocycles. The second-order valence-electron chi connectivity index (χ2n) is 10.3. The fraction of sp³-hybridized carbons (Fsp3) is 0.182. The zero-order valence-corrected chi connectivity index (χ0v) is 24.9. The minimum atomic E-state index is -2.69. The van der Waals surface area contributed by atoms with Crippen molar-refractivity contribution in [2.45, 2.75) is 26.8 Å². The van der Waals surface area contributed by atoms with Crippen molar-refractivity contribution in [3.05, 3.63) is 103 Å². The topological polar surface area (TPSA) is 125 Å². The van der Waals surface area contributed by atoms with Crippen LogP contribution in [0.1, 0.15) is 30.0 Å². The van der Waals surface area contributed by atoms with Gasteiger partial charge in [0.25, 0.3) is 5.91 Å². The van der Waals surface area contributed by atoms with E-state index >= 15 is 0 Å². The summed E-state index contributed by atoms with van der Waals surface area (Å²) in [6.07, 6.45) is 3.49. The Labute approximate surface area is 251 Å². The lowest BCUT2D eigenvalue weighted by atomic mass is 10.00. The van der Waals surface area contributed by atoms with Gasteiger partial charge in [-0.15, -0.1) is 0 Å². The van der Waals surface area contributed by atoms with Gasteiger partial charge in [-0.1, -0.05) is 56.3 Å². The normalized spacial score (nSPS) is 12.6. The summed E-state index contributed by atoms with van der Waals surface area (Å²) < 4.78 is 36.0. The van der Waals surface area contributed by atoms with Crippen molar-refractivity contribution in [2.24, 2.45) is 5.92 Å². The summed E-state index contributed by atoms with van der Waals surface area (Å²) >= 11 is -2.69. The van der Waals surface area contributed by atoms with Gasteiger partial charge >= 0.3 is 5.97 Å². The van der Waals surface area contributed by atoms with Crippen LogP contribution in [0.5, 0.6) is 0 Å². The van der Waals surface area contributed by atoms with Gasteiger partial charge in [-0.05, 0) is 65.9 Å². The van der Waals surface area contributed by atoms with Crippen molar-refractivity contribution in [1.82, 2.24) is 4.98 Å². The number of hydrogen-bond donors (Lipinski definition) is 1. The highest BCUT2D eigenvalue weighted by atomic mass is 32.2. The van der Waals surface area contributed by atoms with Crippen LogP contribution in [0.4, 0.5) is 11.4 Å². The van der Waals surface area contributed by atoms with Crippen LogP contribution in [0, 0.1) is 12.8 Å². The zero-order valence-electron chi connectivity index (χ0n) is 24.1. The number of benzene rings is 3. The van der Waals surface area contributed by atoms with Crippen LogP contribution >= 0.6 is 0 Å². The molecular formula is C33H30N3O6S-. The maximum absolute atomic E-state index is 13.2. The molecule has 0 spiro atoms. The van der Waals surface area contributed by atoms with E-state index < -0.39 is 23.3 Å². The van der Waals surface area contributed by atoms with E-state index in [-0.39, 0.29) is 17.6 Å². The first-order chi connectivity index (χ1) is 20.7. The third-order valence-corrected chi connectivity index (χ3v) is 7.98. The van der Waals surface area contributed by atoms with Gasteiger partial charge in [0.05, 0.1) is 7.11 Å². The zero-order chi connectivity index (χ0) is 30.7. The predicted molar refractivity (Wildman–Crippen MR) is 166 cm³/mol. The molecule has 2 atom stereocenters. The molecule has 2 unspecified atom stereocenters. The largest absolute Gasteiger partial charge is 0.755 e. The average molecular weight is 597 g/mol. The molecule has 5 rings (SSSR count). The lowest BCUT2D eigenvalue weighted by Crippen LogP contribution is -2.46. The van der Waals surface area contributed by atoms with Gasteiger partial charge in [0, 0.05) is 51.5 Å². The minimum Gasteiger partial charge on any atom is -0.755 e. The molecule has 9 nitrogen and oxygen atoms in total. The third-order valence-electron chi connectivity index (χ3n) is 7.22. The number of nitrogens with one attached hydrogen (secondary N) is 1. The second kappa shape index (κ2) is 12.6. The number of carbonyl (C=O) groups is 2. The lowest BCUT2D eigenvalue weighted by Gasteiger charge is -2.35.